The van der Waals surface area contributed by atoms with E-state index in [0.29, 0.717) is 12.1 Å². The second-order valence-electron chi connectivity index (χ2n) is 4.32. The maximum absolute atomic E-state index is 12.6. The lowest BCUT2D eigenvalue weighted by atomic mass is 10.1. The fraction of sp³-hybridized carbons (Fsp3) is 0.500. The van der Waals surface area contributed by atoms with E-state index >= 15 is 0 Å². The van der Waals surface area contributed by atoms with Gasteiger partial charge in [-0.2, -0.15) is 0 Å². The number of carbonyl (C=O) groups excluding carboxylic acids is 1. The third kappa shape index (κ3) is 4.43. The molecule has 106 valence electrons. The van der Waals surface area contributed by atoms with E-state index in [9.17, 15) is 9.90 Å². The summed E-state index contributed by atoms with van der Waals surface area (Å²) in [5.41, 5.74) is 0.659. The first-order valence-electron chi connectivity index (χ1n) is 6.42. The molecule has 0 aliphatic carbocycles. The van der Waals surface area contributed by atoms with Gasteiger partial charge in [0.05, 0.1) is 12.2 Å². The minimum absolute atomic E-state index is 0.0101. The van der Waals surface area contributed by atoms with Crippen LogP contribution in [0.2, 0.25) is 0 Å². The summed E-state index contributed by atoms with van der Waals surface area (Å²) < 4.78 is 1.82. The van der Waals surface area contributed by atoms with Gasteiger partial charge in [-0.25, -0.2) is 0 Å². The summed E-state index contributed by atoms with van der Waals surface area (Å²) in [6.07, 6.45) is 1.79. The van der Waals surface area contributed by atoms with Crippen LogP contribution in [0.25, 0.3) is 0 Å². The molecule has 0 radical (unpaired) electrons. The molecule has 1 N–H and O–H groups in total. The predicted molar refractivity (Wildman–Crippen MR) is 89.4 cm³/mol. The Kier molecular flexibility index (Phi) is 7.31. The molecule has 0 saturated heterocycles. The Labute approximate surface area is 136 Å². The van der Waals surface area contributed by atoms with Gasteiger partial charge >= 0.3 is 0 Å². The lowest BCUT2D eigenvalue weighted by molar-refractivity contribution is 0.0621. The average molecular weight is 440 g/mol. The van der Waals surface area contributed by atoms with Crippen LogP contribution in [-0.4, -0.2) is 35.1 Å². The van der Waals surface area contributed by atoms with Crippen LogP contribution in [0.3, 0.4) is 0 Å². The third-order valence-corrected chi connectivity index (χ3v) is 4.51. The van der Waals surface area contributed by atoms with E-state index in [1.54, 1.807) is 4.90 Å². The Morgan fingerprint density at radius 2 is 2.05 bits per heavy atom. The minimum atomic E-state index is -0.0202. The molecule has 1 aromatic rings. The summed E-state index contributed by atoms with van der Waals surface area (Å²) in [5.74, 6) is -0.0202. The molecule has 0 fully saturated rings. The molecule has 0 saturated carbocycles. The number of amides is 1. The Morgan fingerprint density at radius 3 is 2.58 bits per heavy atom. The van der Waals surface area contributed by atoms with E-state index in [1.165, 1.54) is 0 Å². The molecule has 5 heteroatoms. The maximum Gasteiger partial charge on any atom is 0.255 e. The van der Waals surface area contributed by atoms with Crippen LogP contribution in [-0.2, 0) is 0 Å². The van der Waals surface area contributed by atoms with Crippen molar-refractivity contribution in [2.24, 2.45) is 0 Å². The summed E-state index contributed by atoms with van der Waals surface area (Å²) in [5, 5.41) is 9.19. The number of halogens is 2. The Bertz CT molecular complexity index is 435. The van der Waals surface area contributed by atoms with E-state index in [1.807, 2.05) is 18.2 Å². The molecule has 0 aliphatic rings. The average Bonchev–Trinajstić information content (AvgIpc) is 2.41. The zero-order valence-corrected chi connectivity index (χ0v) is 14.9. The second kappa shape index (κ2) is 8.21. The molecule has 0 atom stereocenters. The molecule has 0 aromatic heterocycles. The van der Waals surface area contributed by atoms with Gasteiger partial charge in [-0.15, -0.1) is 0 Å². The van der Waals surface area contributed by atoms with Crippen molar-refractivity contribution in [2.45, 2.75) is 32.7 Å². The van der Waals surface area contributed by atoms with Gasteiger partial charge in [-0.3, -0.25) is 4.79 Å². The van der Waals surface area contributed by atoms with Crippen molar-refractivity contribution in [3.05, 3.63) is 31.8 Å². The van der Waals surface area contributed by atoms with Crippen LogP contribution in [0.1, 0.15) is 37.0 Å². The number of hydrogen-bond donors (Lipinski definition) is 1. The predicted octanol–water partition coefficient (Wildman–Crippen LogP) is 3.68. The number of aliphatic hydroxyl groups is 1. The first kappa shape index (κ1) is 16.9. The molecule has 1 amide bonds. The number of rotatable bonds is 6. The SMILES string of the molecule is CCC(CC)N(CCO)C(=O)c1cc(I)ccc1Br. The van der Waals surface area contributed by atoms with Crippen molar-refractivity contribution in [1.29, 1.82) is 0 Å². The highest BCUT2D eigenvalue weighted by Gasteiger charge is 2.23. The van der Waals surface area contributed by atoms with Crippen LogP contribution < -0.4 is 0 Å². The summed E-state index contributed by atoms with van der Waals surface area (Å²) >= 11 is 5.63. The number of benzene rings is 1. The monoisotopic (exact) mass is 439 g/mol. The number of carbonyl (C=O) groups is 1. The van der Waals surface area contributed by atoms with Gasteiger partial charge in [-0.05, 0) is 69.6 Å². The molecule has 3 nitrogen and oxygen atoms in total. The molecule has 0 bridgehead atoms. The molecule has 0 spiro atoms. The van der Waals surface area contributed by atoms with E-state index < -0.39 is 0 Å². The lowest BCUT2D eigenvalue weighted by Crippen LogP contribution is -2.41. The summed E-state index contributed by atoms with van der Waals surface area (Å²) in [6, 6.07) is 5.89. The van der Waals surface area contributed by atoms with Gasteiger partial charge in [0.2, 0.25) is 0 Å². The van der Waals surface area contributed by atoms with Crippen LogP contribution in [0.5, 0.6) is 0 Å². The maximum atomic E-state index is 12.6. The van der Waals surface area contributed by atoms with Gasteiger partial charge in [0.15, 0.2) is 0 Å². The van der Waals surface area contributed by atoms with Crippen LogP contribution in [0.4, 0.5) is 0 Å². The van der Waals surface area contributed by atoms with Crippen molar-refractivity contribution in [3.63, 3.8) is 0 Å². The van der Waals surface area contributed by atoms with Gasteiger partial charge in [0.25, 0.3) is 5.91 Å². The van der Waals surface area contributed by atoms with Crippen molar-refractivity contribution in [2.75, 3.05) is 13.2 Å². The van der Waals surface area contributed by atoms with Crippen molar-refractivity contribution >= 4 is 44.4 Å². The van der Waals surface area contributed by atoms with Gasteiger partial charge in [0.1, 0.15) is 0 Å². The fourth-order valence-electron chi connectivity index (χ4n) is 2.10. The first-order valence-corrected chi connectivity index (χ1v) is 8.29. The number of nitrogens with zero attached hydrogens (tertiary/aromatic N) is 1. The van der Waals surface area contributed by atoms with Gasteiger partial charge < -0.3 is 10.0 Å². The highest BCUT2D eigenvalue weighted by atomic mass is 127. The highest BCUT2D eigenvalue weighted by Crippen LogP contribution is 2.23. The Morgan fingerprint density at radius 1 is 1.42 bits per heavy atom. The molecule has 19 heavy (non-hydrogen) atoms. The zero-order valence-electron chi connectivity index (χ0n) is 11.2. The Balaban J connectivity index is 3.08. The fourth-order valence-corrected chi connectivity index (χ4v) is 3.01. The van der Waals surface area contributed by atoms with E-state index in [2.05, 4.69) is 52.4 Å². The molecule has 1 aromatic carbocycles. The number of aliphatic hydroxyl groups excluding tert-OH is 1. The van der Waals surface area contributed by atoms with Crippen molar-refractivity contribution in [3.8, 4) is 0 Å². The normalized spacial score (nSPS) is 10.8. The standard InChI is InChI=1S/C14H19BrINO2/c1-3-11(4-2)17(7-8-18)14(19)12-9-10(16)5-6-13(12)15/h5-6,9,11,18H,3-4,7-8H2,1-2H3. The molecule has 0 aliphatic heterocycles. The van der Waals surface area contributed by atoms with Crippen molar-refractivity contribution < 1.29 is 9.90 Å². The molecular weight excluding hydrogens is 421 g/mol. The quantitative estimate of drug-likeness (QED) is 0.687. The second-order valence-corrected chi connectivity index (χ2v) is 6.42. The van der Waals surface area contributed by atoms with Gasteiger partial charge in [-0.1, -0.05) is 13.8 Å². The first-order chi connectivity index (χ1) is 9.04. The summed E-state index contributed by atoms with van der Waals surface area (Å²) in [4.78, 5) is 14.4. The number of hydrogen-bond acceptors (Lipinski definition) is 2. The molecule has 0 unspecified atom stereocenters. The van der Waals surface area contributed by atoms with E-state index in [4.69, 9.17) is 0 Å². The topological polar surface area (TPSA) is 40.5 Å². The summed E-state index contributed by atoms with van der Waals surface area (Å²) in [7, 11) is 0. The smallest absolute Gasteiger partial charge is 0.255 e. The summed E-state index contributed by atoms with van der Waals surface area (Å²) in [6.45, 7) is 4.50. The highest BCUT2D eigenvalue weighted by molar-refractivity contribution is 14.1. The third-order valence-electron chi connectivity index (χ3n) is 3.14. The van der Waals surface area contributed by atoms with Crippen molar-refractivity contribution in [1.82, 2.24) is 4.90 Å². The molecule has 0 heterocycles. The molecular formula is C14H19BrINO2. The largest absolute Gasteiger partial charge is 0.395 e. The zero-order chi connectivity index (χ0) is 14.4. The van der Waals surface area contributed by atoms with E-state index in [-0.39, 0.29) is 18.6 Å². The van der Waals surface area contributed by atoms with Crippen LogP contribution in [0, 0.1) is 3.57 Å². The van der Waals surface area contributed by atoms with Crippen LogP contribution >= 0.6 is 38.5 Å². The minimum Gasteiger partial charge on any atom is -0.395 e. The van der Waals surface area contributed by atoms with E-state index in [0.717, 1.165) is 20.9 Å². The van der Waals surface area contributed by atoms with Gasteiger partial charge in [0, 0.05) is 20.6 Å². The van der Waals surface area contributed by atoms with Crippen LogP contribution in [0.15, 0.2) is 22.7 Å². The molecule has 1 rings (SSSR count). The lowest BCUT2D eigenvalue weighted by Gasteiger charge is -2.30. The Hall–Kier alpha value is -0.140.